The Balaban J connectivity index is -0.000000196. The zero-order chi connectivity index (χ0) is 10.2. The summed E-state index contributed by atoms with van der Waals surface area (Å²) in [5.41, 5.74) is 2.28. The van der Waals surface area contributed by atoms with E-state index in [4.69, 9.17) is 0 Å². The predicted molar refractivity (Wildman–Crippen MR) is 57.7 cm³/mol. The summed E-state index contributed by atoms with van der Waals surface area (Å²) < 4.78 is 0. The molecule has 0 saturated carbocycles. The molecule has 0 heterocycles. The molecule has 0 amide bonds. The fourth-order valence-corrected chi connectivity index (χ4v) is 0.872. The molecule has 2 aromatic rings. The minimum atomic E-state index is 0. The van der Waals surface area contributed by atoms with Crippen LogP contribution < -0.4 is 0 Å². The largest absolute Gasteiger partial charge is 0.319 e. The van der Waals surface area contributed by atoms with Gasteiger partial charge in [0.2, 0.25) is 0 Å². The molecule has 17 heavy (non-hydrogen) atoms. The molecule has 0 aliphatic carbocycles. The number of rotatable bonds is 0. The van der Waals surface area contributed by atoms with E-state index in [9.17, 15) is 0 Å². The average Bonchev–Trinajstić information content (AvgIpc) is 2.21. The molecule has 0 bridgehead atoms. The predicted octanol–water partition coefficient (Wildman–Crippen LogP) is 3.18. The summed E-state index contributed by atoms with van der Waals surface area (Å²) in [6.07, 6.45) is 0. The minimum absolute atomic E-state index is 0. The molecule has 0 fully saturated rings. The van der Waals surface area contributed by atoms with Crippen molar-refractivity contribution in [3.63, 3.8) is 0 Å². The molecule has 0 atom stereocenters. The van der Waals surface area contributed by atoms with Crippen molar-refractivity contribution in [3.05, 3.63) is 71.8 Å². The quantitative estimate of drug-likeness (QED) is 0.390. The maximum absolute atomic E-state index is 3.00. The van der Waals surface area contributed by atoms with Crippen LogP contribution >= 0.6 is 0 Å². The molecule has 0 saturated heterocycles. The molecule has 0 aromatic heterocycles. The first-order valence-electron chi connectivity index (χ1n) is 4.48. The van der Waals surface area contributed by atoms with Gasteiger partial charge in [-0.1, -0.05) is 0 Å². The Hall–Kier alpha value is 0.921. The second kappa shape index (κ2) is 15.0. The van der Waals surface area contributed by atoms with Gasteiger partial charge in [0.1, 0.15) is 0 Å². The molecule has 0 unspecified atom stereocenters. The Morgan fingerprint density at radius 1 is 0.706 bits per heavy atom. The molecule has 1 radical (unpaired) electrons. The topological polar surface area (TPSA) is 0 Å². The van der Waals surface area contributed by atoms with Gasteiger partial charge in [-0.3, -0.25) is 47.5 Å². The Morgan fingerprint density at radius 3 is 1.18 bits per heavy atom. The second-order valence-corrected chi connectivity index (χ2v) is 2.94. The van der Waals surface area contributed by atoms with Crippen LogP contribution in [0.3, 0.4) is 0 Å². The first-order chi connectivity index (χ1) is 6.79. The Morgan fingerprint density at radius 2 is 1.06 bits per heavy atom. The summed E-state index contributed by atoms with van der Waals surface area (Å²) in [5, 5.41) is 0. The van der Waals surface area contributed by atoms with E-state index in [0.717, 1.165) is 11.1 Å². The van der Waals surface area contributed by atoms with Crippen LogP contribution in [0.1, 0.15) is 11.1 Å². The van der Waals surface area contributed by atoms with Crippen molar-refractivity contribution in [2.45, 2.75) is 13.8 Å². The van der Waals surface area contributed by atoms with Crippen molar-refractivity contribution in [1.29, 1.82) is 0 Å². The first-order valence-corrected chi connectivity index (χ1v) is 4.48. The normalized spacial score (nSPS) is 7.18. The van der Waals surface area contributed by atoms with Gasteiger partial charge in [0, 0.05) is 74.8 Å². The van der Waals surface area contributed by atoms with Crippen LogP contribution in [-0.4, -0.2) is 0 Å². The van der Waals surface area contributed by atoms with Gasteiger partial charge in [-0.25, -0.2) is 0 Å². The molecule has 2 rings (SSSR count). The average molecular weight is 637 g/mol. The van der Waals surface area contributed by atoms with Gasteiger partial charge >= 0.3 is 0 Å². The summed E-state index contributed by atoms with van der Waals surface area (Å²) in [6, 6.07) is 23.1. The Kier molecular flexibility index (Phi) is 20.3. The standard InChI is InChI=1S/2C7H6.2W.Y/c2*1-7-5-3-2-4-6-7;;;/h2*2-3,6H,1H3;;;/q2*-2;;;. The van der Waals surface area contributed by atoms with Gasteiger partial charge in [0.25, 0.3) is 0 Å². The van der Waals surface area contributed by atoms with E-state index in [1.54, 1.807) is 0 Å². The van der Waals surface area contributed by atoms with E-state index in [1.165, 1.54) is 0 Å². The van der Waals surface area contributed by atoms with Gasteiger partial charge < -0.3 is 24.3 Å². The van der Waals surface area contributed by atoms with Crippen LogP contribution in [0, 0.1) is 38.1 Å². The maximum atomic E-state index is 3.00. The molecule has 87 valence electrons. The van der Waals surface area contributed by atoms with Crippen LogP contribution in [-0.2, 0) is 74.8 Å². The van der Waals surface area contributed by atoms with Crippen LogP contribution in [0.15, 0.2) is 36.4 Å². The summed E-state index contributed by atoms with van der Waals surface area (Å²) in [6.45, 7) is 3.99. The Labute approximate surface area is 158 Å². The minimum Gasteiger partial charge on any atom is -0.319 e. The second-order valence-electron chi connectivity index (χ2n) is 2.94. The van der Waals surface area contributed by atoms with E-state index in [2.05, 4.69) is 24.3 Å². The first kappa shape index (κ1) is 23.0. The molecule has 0 nitrogen and oxygen atoms in total. The van der Waals surface area contributed by atoms with Crippen molar-refractivity contribution >= 4 is 0 Å². The fraction of sp³-hybridized carbons (Fsp3) is 0.143. The third-order valence-corrected chi connectivity index (χ3v) is 1.58. The van der Waals surface area contributed by atoms with E-state index in [1.807, 2.05) is 50.2 Å². The van der Waals surface area contributed by atoms with Gasteiger partial charge in [-0.2, -0.15) is 0 Å². The smallest absolute Gasteiger partial charge is 0 e. The molecule has 0 spiro atoms. The van der Waals surface area contributed by atoms with E-state index < -0.39 is 0 Å². The third kappa shape index (κ3) is 13.2. The monoisotopic (exact) mass is 637 g/mol. The molecule has 3 heteroatoms. The summed E-state index contributed by atoms with van der Waals surface area (Å²) in [5.74, 6) is 0. The molecular formula is C14H12W2Y-4. The van der Waals surface area contributed by atoms with Crippen molar-refractivity contribution in [3.8, 4) is 0 Å². The number of benzene rings is 2. The third-order valence-electron chi connectivity index (χ3n) is 1.58. The van der Waals surface area contributed by atoms with E-state index >= 15 is 0 Å². The number of hydrogen-bond donors (Lipinski definition) is 0. The SMILES string of the molecule is Cc1[c-]cc[c-]c1.Cc1[c-]cc[c-]c1.[W].[W].[Y]. The van der Waals surface area contributed by atoms with Gasteiger partial charge in [-0.05, 0) is 0 Å². The van der Waals surface area contributed by atoms with Crippen LogP contribution in [0.2, 0.25) is 0 Å². The Bertz CT molecular complexity index is 312. The molecule has 2 aromatic carbocycles. The maximum Gasteiger partial charge on any atom is 0 e. The van der Waals surface area contributed by atoms with Crippen LogP contribution in [0.25, 0.3) is 0 Å². The van der Waals surface area contributed by atoms with E-state index in [0.29, 0.717) is 0 Å². The molecule has 0 aliphatic rings. The zero-order valence-electron chi connectivity index (χ0n) is 9.86. The summed E-state index contributed by atoms with van der Waals surface area (Å²) >= 11 is 0. The van der Waals surface area contributed by atoms with Gasteiger partial charge in [0.15, 0.2) is 0 Å². The number of hydrogen-bond acceptors (Lipinski definition) is 0. The van der Waals surface area contributed by atoms with Crippen molar-refractivity contribution in [2.75, 3.05) is 0 Å². The van der Waals surface area contributed by atoms with Gasteiger partial charge in [0.05, 0.1) is 0 Å². The molecule has 0 N–H and O–H groups in total. The molecule has 0 aliphatic heterocycles. The van der Waals surface area contributed by atoms with Crippen LogP contribution in [0.5, 0.6) is 0 Å². The van der Waals surface area contributed by atoms with Crippen molar-refractivity contribution in [1.82, 2.24) is 0 Å². The van der Waals surface area contributed by atoms with Crippen LogP contribution in [0.4, 0.5) is 0 Å². The van der Waals surface area contributed by atoms with E-state index in [-0.39, 0.29) is 74.8 Å². The van der Waals surface area contributed by atoms with Crippen molar-refractivity contribution < 1.29 is 74.8 Å². The fourth-order valence-electron chi connectivity index (χ4n) is 0.872. The molecular weight excluding hydrogens is 625 g/mol. The summed E-state index contributed by atoms with van der Waals surface area (Å²) in [7, 11) is 0. The van der Waals surface area contributed by atoms with Gasteiger partial charge in [-0.15, -0.1) is 13.8 Å². The zero-order valence-corrected chi connectivity index (χ0v) is 18.6. The summed E-state index contributed by atoms with van der Waals surface area (Å²) in [4.78, 5) is 0. The van der Waals surface area contributed by atoms with Crippen molar-refractivity contribution in [2.24, 2.45) is 0 Å². The number of aryl methyl sites for hydroxylation is 2.